The van der Waals surface area contributed by atoms with Gasteiger partial charge in [0.25, 0.3) is 0 Å². The number of hydrogen-bond acceptors (Lipinski definition) is 1. The minimum absolute atomic E-state index is 0.162. The molecule has 2 atom stereocenters. The van der Waals surface area contributed by atoms with Gasteiger partial charge in [-0.15, -0.1) is 0 Å². The van der Waals surface area contributed by atoms with E-state index in [-0.39, 0.29) is 11.9 Å². The molecule has 16 heavy (non-hydrogen) atoms. The summed E-state index contributed by atoms with van der Waals surface area (Å²) in [5.41, 5.74) is 0.392. The van der Waals surface area contributed by atoms with Crippen molar-refractivity contribution < 1.29 is 8.78 Å². The van der Waals surface area contributed by atoms with Crippen molar-refractivity contribution in [1.82, 2.24) is 5.32 Å². The third-order valence-electron chi connectivity index (χ3n) is 2.89. The molecule has 1 aromatic rings. The zero-order valence-corrected chi connectivity index (χ0v) is 10.1. The van der Waals surface area contributed by atoms with E-state index in [4.69, 9.17) is 0 Å². The Morgan fingerprint density at radius 2 is 1.94 bits per heavy atom. The molecule has 0 saturated heterocycles. The van der Waals surface area contributed by atoms with Gasteiger partial charge in [-0.05, 0) is 37.6 Å². The van der Waals surface area contributed by atoms with Crippen LogP contribution < -0.4 is 5.32 Å². The van der Waals surface area contributed by atoms with E-state index in [0.717, 1.165) is 19.0 Å². The Hall–Kier alpha value is -0.960. The van der Waals surface area contributed by atoms with E-state index in [2.05, 4.69) is 19.2 Å². The minimum Gasteiger partial charge on any atom is -0.310 e. The SMILES string of the molecule is CCC(C)CNC(C)c1cc(F)ccc1F. The van der Waals surface area contributed by atoms with Crippen molar-refractivity contribution >= 4 is 0 Å². The number of hydrogen-bond donors (Lipinski definition) is 1. The summed E-state index contributed by atoms with van der Waals surface area (Å²) in [6.45, 7) is 6.90. The van der Waals surface area contributed by atoms with Crippen molar-refractivity contribution in [1.29, 1.82) is 0 Å². The van der Waals surface area contributed by atoms with E-state index in [9.17, 15) is 8.78 Å². The Labute approximate surface area is 95.9 Å². The fraction of sp³-hybridized carbons (Fsp3) is 0.538. The zero-order valence-electron chi connectivity index (χ0n) is 10.1. The lowest BCUT2D eigenvalue weighted by Crippen LogP contribution is -2.25. The Morgan fingerprint density at radius 3 is 2.56 bits per heavy atom. The first-order chi connectivity index (χ1) is 7.54. The minimum atomic E-state index is -0.395. The maximum Gasteiger partial charge on any atom is 0.128 e. The van der Waals surface area contributed by atoms with Crippen LogP contribution in [0.2, 0.25) is 0 Å². The predicted octanol–water partition coefficient (Wildman–Crippen LogP) is 3.66. The molecule has 0 amide bonds. The van der Waals surface area contributed by atoms with Crippen LogP contribution in [0.1, 0.15) is 38.8 Å². The first-order valence-electron chi connectivity index (χ1n) is 5.73. The molecule has 0 fully saturated rings. The van der Waals surface area contributed by atoms with E-state index in [1.807, 2.05) is 6.92 Å². The maximum atomic E-state index is 13.4. The van der Waals surface area contributed by atoms with Gasteiger partial charge in [0.2, 0.25) is 0 Å². The maximum absolute atomic E-state index is 13.4. The van der Waals surface area contributed by atoms with Gasteiger partial charge in [0.1, 0.15) is 11.6 Å². The molecule has 1 rings (SSSR count). The molecular formula is C13H19F2N. The van der Waals surface area contributed by atoms with Crippen LogP contribution in [-0.4, -0.2) is 6.54 Å². The van der Waals surface area contributed by atoms with E-state index in [1.54, 1.807) is 0 Å². The molecule has 1 N–H and O–H groups in total. The number of nitrogens with one attached hydrogen (secondary N) is 1. The number of rotatable bonds is 5. The van der Waals surface area contributed by atoms with Crippen molar-refractivity contribution in [3.63, 3.8) is 0 Å². The summed E-state index contributed by atoms with van der Waals surface area (Å²) < 4.78 is 26.4. The molecule has 1 nitrogen and oxygen atoms in total. The summed E-state index contributed by atoms with van der Waals surface area (Å²) >= 11 is 0. The quantitative estimate of drug-likeness (QED) is 0.809. The summed E-state index contributed by atoms with van der Waals surface area (Å²) in [7, 11) is 0. The van der Waals surface area contributed by atoms with Crippen LogP contribution in [0, 0.1) is 17.6 Å². The molecule has 0 aliphatic carbocycles. The topological polar surface area (TPSA) is 12.0 Å². The van der Waals surface area contributed by atoms with Gasteiger partial charge in [-0.25, -0.2) is 8.78 Å². The van der Waals surface area contributed by atoms with Crippen LogP contribution in [0.5, 0.6) is 0 Å². The summed E-state index contributed by atoms with van der Waals surface area (Å²) in [4.78, 5) is 0. The predicted molar refractivity (Wildman–Crippen MR) is 62.2 cm³/mol. The summed E-state index contributed by atoms with van der Waals surface area (Å²) in [6, 6.07) is 3.40. The molecule has 2 unspecified atom stereocenters. The molecule has 0 bridgehead atoms. The molecule has 0 aliphatic rings. The van der Waals surface area contributed by atoms with Gasteiger partial charge in [-0.3, -0.25) is 0 Å². The highest BCUT2D eigenvalue weighted by molar-refractivity contribution is 5.21. The fourth-order valence-electron chi connectivity index (χ4n) is 1.48. The molecule has 0 aliphatic heterocycles. The van der Waals surface area contributed by atoms with Crippen LogP contribution in [0.3, 0.4) is 0 Å². The largest absolute Gasteiger partial charge is 0.310 e. The normalized spacial score (nSPS) is 14.8. The first-order valence-corrected chi connectivity index (χ1v) is 5.73. The molecule has 0 aromatic heterocycles. The van der Waals surface area contributed by atoms with Crippen LogP contribution in [0.4, 0.5) is 8.78 Å². The van der Waals surface area contributed by atoms with Gasteiger partial charge < -0.3 is 5.32 Å². The van der Waals surface area contributed by atoms with Gasteiger partial charge in [0.05, 0.1) is 0 Å². The molecule has 0 spiro atoms. The zero-order chi connectivity index (χ0) is 12.1. The molecule has 1 aromatic carbocycles. The Bertz CT molecular complexity index is 339. The Kier molecular flexibility index (Phi) is 4.87. The van der Waals surface area contributed by atoms with Crippen LogP contribution in [-0.2, 0) is 0 Å². The highest BCUT2D eigenvalue weighted by Gasteiger charge is 2.12. The van der Waals surface area contributed by atoms with Crippen molar-refractivity contribution in [2.24, 2.45) is 5.92 Å². The van der Waals surface area contributed by atoms with Crippen LogP contribution in [0.25, 0.3) is 0 Å². The standard InChI is InChI=1S/C13H19F2N/c1-4-9(2)8-16-10(3)12-7-11(14)5-6-13(12)15/h5-7,9-10,16H,4,8H2,1-3H3. The Balaban J connectivity index is 2.65. The van der Waals surface area contributed by atoms with Crippen molar-refractivity contribution in [2.75, 3.05) is 6.54 Å². The number of benzene rings is 1. The van der Waals surface area contributed by atoms with Crippen molar-refractivity contribution in [2.45, 2.75) is 33.2 Å². The lowest BCUT2D eigenvalue weighted by Gasteiger charge is -2.17. The van der Waals surface area contributed by atoms with Gasteiger partial charge in [-0.1, -0.05) is 20.3 Å². The second kappa shape index (κ2) is 5.94. The first kappa shape index (κ1) is 13.1. The third-order valence-corrected chi connectivity index (χ3v) is 2.89. The molecule has 0 saturated carbocycles. The van der Waals surface area contributed by atoms with Gasteiger partial charge in [-0.2, -0.15) is 0 Å². The highest BCUT2D eigenvalue weighted by atomic mass is 19.1. The lowest BCUT2D eigenvalue weighted by molar-refractivity contribution is 0.448. The Morgan fingerprint density at radius 1 is 1.25 bits per heavy atom. The van der Waals surface area contributed by atoms with E-state index in [1.165, 1.54) is 12.1 Å². The van der Waals surface area contributed by atoms with E-state index in [0.29, 0.717) is 11.5 Å². The summed E-state index contributed by atoms with van der Waals surface area (Å²) in [6.07, 6.45) is 1.07. The molecule has 0 heterocycles. The van der Waals surface area contributed by atoms with Crippen molar-refractivity contribution in [3.8, 4) is 0 Å². The smallest absolute Gasteiger partial charge is 0.128 e. The fourth-order valence-corrected chi connectivity index (χ4v) is 1.48. The lowest BCUT2D eigenvalue weighted by atomic mass is 10.1. The number of halogens is 2. The van der Waals surface area contributed by atoms with Crippen molar-refractivity contribution in [3.05, 3.63) is 35.4 Å². The van der Waals surface area contributed by atoms with E-state index < -0.39 is 5.82 Å². The van der Waals surface area contributed by atoms with Gasteiger partial charge in [0.15, 0.2) is 0 Å². The van der Waals surface area contributed by atoms with E-state index >= 15 is 0 Å². The van der Waals surface area contributed by atoms with Crippen LogP contribution in [0.15, 0.2) is 18.2 Å². The summed E-state index contributed by atoms with van der Waals surface area (Å²) in [5, 5.41) is 3.21. The van der Waals surface area contributed by atoms with Crippen LogP contribution >= 0.6 is 0 Å². The average Bonchev–Trinajstić information content (AvgIpc) is 2.28. The monoisotopic (exact) mass is 227 g/mol. The van der Waals surface area contributed by atoms with Gasteiger partial charge >= 0.3 is 0 Å². The highest BCUT2D eigenvalue weighted by Crippen LogP contribution is 2.18. The molecule has 90 valence electrons. The average molecular weight is 227 g/mol. The molecule has 0 radical (unpaired) electrons. The second-order valence-corrected chi connectivity index (χ2v) is 4.31. The molecular weight excluding hydrogens is 208 g/mol. The molecule has 3 heteroatoms. The van der Waals surface area contributed by atoms with Gasteiger partial charge in [0, 0.05) is 11.6 Å². The summed E-state index contributed by atoms with van der Waals surface area (Å²) in [5.74, 6) is -0.210. The second-order valence-electron chi connectivity index (χ2n) is 4.31. The third kappa shape index (κ3) is 3.56.